The number of rotatable bonds is 2. The highest BCUT2D eigenvalue weighted by molar-refractivity contribution is 9.12. The number of carbonyl (C=O) groups excluding carboxylic acids is 3. The van der Waals surface area contributed by atoms with Gasteiger partial charge in [0.05, 0.1) is 22.4 Å². The molecule has 5 nitrogen and oxygen atoms in total. The topological polar surface area (TPSA) is 66.5 Å². The van der Waals surface area contributed by atoms with E-state index in [9.17, 15) is 14.4 Å². The van der Waals surface area contributed by atoms with Crippen molar-refractivity contribution in [3.8, 4) is 0 Å². The summed E-state index contributed by atoms with van der Waals surface area (Å²) >= 11 is 13.3. The molecule has 0 unspecified atom stereocenters. The molecule has 3 amide bonds. The highest BCUT2D eigenvalue weighted by Crippen LogP contribution is 2.59. The van der Waals surface area contributed by atoms with Crippen molar-refractivity contribution in [3.05, 3.63) is 34.9 Å². The smallest absolute Gasteiger partial charge is 0.271 e. The number of fused-ring (bicyclic) bond motifs is 5. The Labute approximate surface area is 160 Å². The molecule has 126 valence electrons. The molecule has 3 fully saturated rings. The monoisotopic (exact) mass is 474 g/mol. The van der Waals surface area contributed by atoms with E-state index in [0.717, 1.165) is 11.4 Å². The van der Waals surface area contributed by atoms with Crippen LogP contribution in [0.2, 0.25) is 5.02 Å². The van der Waals surface area contributed by atoms with Crippen LogP contribution in [0.3, 0.4) is 0 Å². The third kappa shape index (κ3) is 2.21. The number of halogens is 3. The predicted molar refractivity (Wildman–Crippen MR) is 94.8 cm³/mol. The van der Waals surface area contributed by atoms with Crippen LogP contribution in [0.15, 0.2) is 24.3 Å². The molecule has 1 saturated heterocycles. The summed E-state index contributed by atoms with van der Waals surface area (Å²) in [6.45, 7) is 0. The molecule has 2 saturated carbocycles. The van der Waals surface area contributed by atoms with Crippen molar-refractivity contribution in [2.24, 2.45) is 23.7 Å². The van der Waals surface area contributed by atoms with E-state index in [1.165, 1.54) is 0 Å². The van der Waals surface area contributed by atoms with Gasteiger partial charge >= 0.3 is 0 Å². The van der Waals surface area contributed by atoms with Gasteiger partial charge in [-0.15, -0.1) is 0 Å². The summed E-state index contributed by atoms with van der Waals surface area (Å²) in [5.74, 6) is -1.67. The Bertz CT molecular complexity index is 727. The van der Waals surface area contributed by atoms with E-state index >= 15 is 0 Å². The first-order chi connectivity index (χ1) is 11.4. The van der Waals surface area contributed by atoms with Crippen molar-refractivity contribution >= 4 is 61.2 Å². The highest BCUT2D eigenvalue weighted by atomic mass is 79.9. The fourth-order valence-electron chi connectivity index (χ4n) is 4.27. The Balaban J connectivity index is 1.58. The van der Waals surface area contributed by atoms with Crippen LogP contribution in [-0.2, 0) is 9.59 Å². The van der Waals surface area contributed by atoms with Crippen molar-refractivity contribution in [2.75, 3.05) is 0 Å². The number of imide groups is 1. The van der Waals surface area contributed by atoms with E-state index in [1.807, 2.05) is 0 Å². The van der Waals surface area contributed by atoms with Gasteiger partial charge in [0.1, 0.15) is 0 Å². The number of alkyl halides is 2. The molecule has 1 aromatic carbocycles. The van der Waals surface area contributed by atoms with Crippen LogP contribution in [0, 0.1) is 23.7 Å². The van der Waals surface area contributed by atoms with Crippen molar-refractivity contribution in [1.82, 2.24) is 10.4 Å². The number of hydrogen-bond acceptors (Lipinski definition) is 3. The minimum Gasteiger partial charge on any atom is -0.272 e. The lowest BCUT2D eigenvalue weighted by Gasteiger charge is -2.28. The molecule has 1 N–H and O–H groups in total. The van der Waals surface area contributed by atoms with E-state index in [-0.39, 0.29) is 55.7 Å². The molecule has 1 aromatic rings. The summed E-state index contributed by atoms with van der Waals surface area (Å²) in [7, 11) is 0. The number of nitrogens with one attached hydrogen (secondary N) is 1. The number of carbonyl (C=O) groups is 3. The second kappa shape index (κ2) is 5.81. The minimum atomic E-state index is -0.555. The van der Waals surface area contributed by atoms with Gasteiger partial charge in [-0.05, 0) is 30.4 Å². The van der Waals surface area contributed by atoms with Gasteiger partial charge < -0.3 is 0 Å². The third-order valence-corrected chi connectivity index (χ3v) is 8.86. The maximum atomic E-state index is 12.7. The van der Waals surface area contributed by atoms with Crippen LogP contribution in [0.4, 0.5) is 0 Å². The Hall–Kier alpha value is -0.920. The van der Waals surface area contributed by atoms with Crippen LogP contribution in [0.25, 0.3) is 0 Å². The lowest BCUT2D eigenvalue weighted by Crippen LogP contribution is -2.47. The zero-order chi connectivity index (χ0) is 17.2. The van der Waals surface area contributed by atoms with Crippen molar-refractivity contribution < 1.29 is 14.4 Å². The maximum absolute atomic E-state index is 12.7. The van der Waals surface area contributed by atoms with Crippen LogP contribution in [0.5, 0.6) is 0 Å². The van der Waals surface area contributed by atoms with Crippen LogP contribution in [0.1, 0.15) is 16.8 Å². The molecule has 2 aliphatic carbocycles. The Morgan fingerprint density at radius 2 is 1.62 bits per heavy atom. The molecule has 8 heteroatoms. The van der Waals surface area contributed by atoms with Crippen LogP contribution >= 0.6 is 43.5 Å². The van der Waals surface area contributed by atoms with Gasteiger partial charge in [-0.25, -0.2) is 0 Å². The zero-order valence-electron chi connectivity index (χ0n) is 12.3. The van der Waals surface area contributed by atoms with E-state index in [4.69, 9.17) is 11.6 Å². The minimum absolute atomic E-state index is 0.114. The zero-order valence-corrected chi connectivity index (χ0v) is 16.2. The molecule has 0 radical (unpaired) electrons. The van der Waals surface area contributed by atoms with Crippen molar-refractivity contribution in [1.29, 1.82) is 0 Å². The Morgan fingerprint density at radius 3 is 2.17 bits per heavy atom. The molecule has 1 aliphatic heterocycles. The first kappa shape index (κ1) is 16.5. The third-order valence-electron chi connectivity index (χ3n) is 5.32. The number of hydrazine groups is 1. The second-order valence-corrected chi connectivity index (χ2v) is 8.96. The molecule has 1 heterocycles. The molecular formula is C16H13Br2ClN2O3. The lowest BCUT2D eigenvalue weighted by molar-refractivity contribution is -0.143. The van der Waals surface area contributed by atoms with E-state index in [0.29, 0.717) is 0 Å². The first-order valence-corrected chi connectivity index (χ1v) is 9.84. The summed E-state index contributed by atoms with van der Waals surface area (Å²) in [4.78, 5) is 38.1. The molecule has 6 atom stereocenters. The standard InChI is InChI=1S/C16H13Br2ClN2O3/c17-12-7-5-8(13(12)18)11-10(7)15(23)21(16(11)24)20-14(22)6-3-1-2-4-9(6)19/h1-4,7-8,10-13H,5H2,(H,20,22)/t7-,8-,10-,11+,12-,13+/m1/s1. The van der Waals surface area contributed by atoms with E-state index < -0.39 is 5.91 Å². The lowest BCUT2D eigenvalue weighted by atomic mass is 9.81. The van der Waals surface area contributed by atoms with Crippen LogP contribution < -0.4 is 5.43 Å². The molecule has 2 bridgehead atoms. The Kier molecular flexibility index (Phi) is 4.01. The quantitative estimate of drug-likeness (QED) is 0.527. The SMILES string of the molecule is O=C(NN1C(=O)[C@@H]2[C@H]3C[C@@H]([C@H](Br)[C@@H]3Br)[C@@H]2C1=O)c1ccccc1Cl. The summed E-state index contributed by atoms with van der Waals surface area (Å²) in [5.41, 5.74) is 2.68. The van der Waals surface area contributed by atoms with Gasteiger partial charge in [0.25, 0.3) is 17.7 Å². The normalized spacial score (nSPS) is 37.0. The van der Waals surface area contributed by atoms with E-state index in [1.54, 1.807) is 24.3 Å². The summed E-state index contributed by atoms with van der Waals surface area (Å²) in [5, 5.41) is 1.17. The average Bonchev–Trinajstić information content (AvgIpc) is 3.15. The summed E-state index contributed by atoms with van der Waals surface area (Å²) in [6, 6.07) is 6.52. The van der Waals surface area contributed by atoms with Gasteiger partial charge in [-0.1, -0.05) is 55.6 Å². The molecule has 24 heavy (non-hydrogen) atoms. The number of hydrogen-bond donors (Lipinski definition) is 1. The van der Waals surface area contributed by atoms with Crippen molar-refractivity contribution in [3.63, 3.8) is 0 Å². The highest BCUT2D eigenvalue weighted by Gasteiger charge is 2.66. The fraction of sp³-hybridized carbons (Fsp3) is 0.438. The number of benzene rings is 1. The Morgan fingerprint density at radius 1 is 1.08 bits per heavy atom. The first-order valence-electron chi connectivity index (χ1n) is 7.63. The molecule has 0 aromatic heterocycles. The molecule has 4 rings (SSSR count). The predicted octanol–water partition coefficient (Wildman–Crippen LogP) is 2.76. The average molecular weight is 477 g/mol. The summed E-state index contributed by atoms with van der Waals surface area (Å²) in [6.07, 6.45) is 0.852. The van der Waals surface area contributed by atoms with Crippen LogP contribution in [-0.4, -0.2) is 32.4 Å². The summed E-state index contributed by atoms with van der Waals surface area (Å²) < 4.78 is 0. The molecular weight excluding hydrogens is 463 g/mol. The maximum Gasteiger partial charge on any atom is 0.271 e. The fourth-order valence-corrected chi connectivity index (χ4v) is 6.36. The van der Waals surface area contributed by atoms with Gasteiger partial charge in [-0.2, -0.15) is 5.01 Å². The second-order valence-electron chi connectivity index (χ2n) is 6.44. The van der Waals surface area contributed by atoms with Gasteiger partial charge in [0.15, 0.2) is 0 Å². The number of amides is 3. The molecule has 3 aliphatic rings. The van der Waals surface area contributed by atoms with Gasteiger partial charge in [0, 0.05) is 9.65 Å². The largest absolute Gasteiger partial charge is 0.272 e. The van der Waals surface area contributed by atoms with Gasteiger partial charge in [-0.3, -0.25) is 19.8 Å². The molecule has 0 spiro atoms. The number of nitrogens with zero attached hydrogens (tertiary/aromatic N) is 1. The van der Waals surface area contributed by atoms with E-state index in [2.05, 4.69) is 37.3 Å². The van der Waals surface area contributed by atoms with Gasteiger partial charge in [0.2, 0.25) is 0 Å². The van der Waals surface area contributed by atoms with Crippen molar-refractivity contribution in [2.45, 2.75) is 16.1 Å².